The second-order valence-corrected chi connectivity index (χ2v) is 4.00. The van der Waals surface area contributed by atoms with E-state index in [1.165, 1.54) is 6.07 Å². The highest BCUT2D eigenvalue weighted by molar-refractivity contribution is 5.40. The summed E-state index contributed by atoms with van der Waals surface area (Å²) >= 11 is 0. The van der Waals surface area contributed by atoms with Crippen molar-refractivity contribution in [1.82, 2.24) is 0 Å². The summed E-state index contributed by atoms with van der Waals surface area (Å²) in [5.74, 6) is -0.292. The molecule has 0 aromatic heterocycles. The highest BCUT2D eigenvalue weighted by Crippen LogP contribution is 2.37. The molecule has 1 nitrogen and oxygen atoms in total. The fraction of sp³-hybridized carbons (Fsp3) is 0.462. The molecule has 1 atom stereocenters. The van der Waals surface area contributed by atoms with E-state index in [4.69, 9.17) is 4.74 Å². The quantitative estimate of drug-likeness (QED) is 0.762. The van der Waals surface area contributed by atoms with E-state index >= 15 is 0 Å². The minimum Gasteiger partial charge on any atom is -0.493 e. The lowest BCUT2D eigenvalue weighted by Crippen LogP contribution is -2.10. The number of rotatable bonds is 4. The first-order valence-corrected chi connectivity index (χ1v) is 5.53. The lowest BCUT2D eigenvalue weighted by molar-refractivity contribution is -0.139. The maximum Gasteiger partial charge on any atom is 0.419 e. The zero-order valence-electron chi connectivity index (χ0n) is 9.97. The van der Waals surface area contributed by atoms with Crippen molar-refractivity contribution in [3.8, 4) is 5.75 Å². The van der Waals surface area contributed by atoms with Crippen molar-refractivity contribution in [2.45, 2.75) is 32.4 Å². The van der Waals surface area contributed by atoms with Crippen LogP contribution in [-0.4, -0.2) is 6.61 Å². The third-order valence-electron chi connectivity index (χ3n) is 2.34. The van der Waals surface area contributed by atoms with Gasteiger partial charge < -0.3 is 4.74 Å². The van der Waals surface area contributed by atoms with Crippen LogP contribution < -0.4 is 4.74 Å². The second-order valence-electron chi connectivity index (χ2n) is 4.00. The molecule has 0 amide bonds. The molecule has 0 bridgehead atoms. The van der Waals surface area contributed by atoms with Gasteiger partial charge in [0, 0.05) is 0 Å². The van der Waals surface area contributed by atoms with Gasteiger partial charge in [0.05, 0.1) is 12.2 Å². The molecule has 1 aromatic rings. The summed E-state index contributed by atoms with van der Waals surface area (Å²) in [6.45, 7) is 7.59. The van der Waals surface area contributed by atoms with Gasteiger partial charge >= 0.3 is 6.18 Å². The van der Waals surface area contributed by atoms with E-state index in [1.807, 2.05) is 6.92 Å². The second kappa shape index (κ2) is 5.43. The Hall–Kier alpha value is -1.19. The van der Waals surface area contributed by atoms with E-state index in [2.05, 4.69) is 6.92 Å². The zero-order chi connectivity index (χ0) is 13.1. The zero-order valence-corrected chi connectivity index (χ0v) is 9.97. The number of hydrogen-bond acceptors (Lipinski definition) is 1. The van der Waals surface area contributed by atoms with E-state index < -0.39 is 11.7 Å². The molecule has 0 spiro atoms. The molecule has 0 saturated carbocycles. The van der Waals surface area contributed by atoms with Crippen LogP contribution in [0.15, 0.2) is 18.2 Å². The SMILES string of the molecule is [CH2]C(C)c1ccc(OCCC)c(C(F)(F)F)c1. The highest BCUT2D eigenvalue weighted by Gasteiger charge is 2.34. The molecular formula is C13H16F3O. The summed E-state index contributed by atoms with van der Waals surface area (Å²) in [5, 5.41) is 0. The molecule has 0 aliphatic rings. The minimum atomic E-state index is -4.39. The average molecular weight is 245 g/mol. The van der Waals surface area contributed by atoms with Crippen LogP contribution in [0.2, 0.25) is 0 Å². The smallest absolute Gasteiger partial charge is 0.419 e. The summed E-state index contributed by atoms with van der Waals surface area (Å²) in [7, 11) is 0. The normalized spacial score (nSPS) is 11.9. The number of hydrogen-bond donors (Lipinski definition) is 0. The number of benzene rings is 1. The largest absolute Gasteiger partial charge is 0.493 e. The van der Waals surface area contributed by atoms with Crippen molar-refractivity contribution in [3.63, 3.8) is 0 Å². The predicted molar refractivity (Wildman–Crippen MR) is 61.0 cm³/mol. The lowest BCUT2D eigenvalue weighted by atomic mass is 10.00. The molecule has 4 heteroatoms. The van der Waals surface area contributed by atoms with E-state index in [0.717, 1.165) is 6.07 Å². The molecule has 95 valence electrons. The van der Waals surface area contributed by atoms with Gasteiger partial charge in [-0.2, -0.15) is 13.2 Å². The van der Waals surface area contributed by atoms with Gasteiger partial charge in [-0.25, -0.2) is 0 Å². The predicted octanol–water partition coefficient (Wildman–Crippen LogP) is 4.43. The first-order valence-electron chi connectivity index (χ1n) is 5.53. The van der Waals surface area contributed by atoms with E-state index in [9.17, 15) is 13.2 Å². The lowest BCUT2D eigenvalue weighted by Gasteiger charge is -2.16. The molecule has 17 heavy (non-hydrogen) atoms. The van der Waals surface area contributed by atoms with Crippen molar-refractivity contribution in [1.29, 1.82) is 0 Å². The Labute approximate surface area is 99.6 Å². The number of ether oxygens (including phenoxy) is 1. The van der Waals surface area contributed by atoms with Gasteiger partial charge in [-0.05, 0) is 37.0 Å². The number of alkyl halides is 3. The first-order chi connectivity index (χ1) is 7.86. The molecule has 0 saturated heterocycles. The van der Waals surface area contributed by atoms with Crippen LogP contribution >= 0.6 is 0 Å². The van der Waals surface area contributed by atoms with Crippen LogP contribution in [0.1, 0.15) is 37.3 Å². The molecule has 0 fully saturated rings. The molecule has 0 heterocycles. The van der Waals surface area contributed by atoms with Crippen molar-refractivity contribution in [2.75, 3.05) is 6.61 Å². The van der Waals surface area contributed by atoms with E-state index in [1.54, 1.807) is 13.0 Å². The highest BCUT2D eigenvalue weighted by atomic mass is 19.4. The molecular weight excluding hydrogens is 229 g/mol. The molecule has 1 aromatic carbocycles. The maximum absolute atomic E-state index is 12.8. The topological polar surface area (TPSA) is 9.23 Å². The Bertz CT molecular complexity index is 369. The third kappa shape index (κ3) is 3.65. The Kier molecular flexibility index (Phi) is 4.43. The Morgan fingerprint density at radius 3 is 2.47 bits per heavy atom. The minimum absolute atomic E-state index is 0.108. The average Bonchev–Trinajstić information content (AvgIpc) is 2.24. The first kappa shape index (κ1) is 13.9. The van der Waals surface area contributed by atoms with Crippen LogP contribution in [0.25, 0.3) is 0 Å². The molecule has 0 aliphatic heterocycles. The van der Waals surface area contributed by atoms with Gasteiger partial charge in [-0.3, -0.25) is 0 Å². The number of halogens is 3. The van der Waals surface area contributed by atoms with Crippen molar-refractivity contribution < 1.29 is 17.9 Å². The van der Waals surface area contributed by atoms with Crippen LogP contribution in [0.3, 0.4) is 0 Å². The molecule has 1 radical (unpaired) electrons. The van der Waals surface area contributed by atoms with Gasteiger partial charge in [0.25, 0.3) is 0 Å². The van der Waals surface area contributed by atoms with Crippen molar-refractivity contribution >= 4 is 0 Å². The Balaban J connectivity index is 3.13. The summed E-state index contributed by atoms with van der Waals surface area (Å²) in [6, 6.07) is 4.11. The standard InChI is InChI=1S/C13H16F3O/c1-4-7-17-12-6-5-10(9(2)3)8-11(12)13(14,15)16/h5-6,8-9H,2,4,7H2,1,3H3. The maximum atomic E-state index is 12.8. The van der Waals surface area contributed by atoms with Crippen molar-refractivity contribution in [3.05, 3.63) is 36.2 Å². The Morgan fingerprint density at radius 2 is 2.00 bits per heavy atom. The fourth-order valence-corrected chi connectivity index (χ4v) is 1.41. The third-order valence-corrected chi connectivity index (χ3v) is 2.34. The van der Waals surface area contributed by atoms with Gasteiger partial charge in [0.2, 0.25) is 0 Å². The molecule has 1 unspecified atom stereocenters. The van der Waals surface area contributed by atoms with Crippen LogP contribution in [-0.2, 0) is 6.18 Å². The van der Waals surface area contributed by atoms with E-state index in [-0.39, 0.29) is 18.3 Å². The van der Waals surface area contributed by atoms with Crippen LogP contribution in [0.5, 0.6) is 5.75 Å². The van der Waals surface area contributed by atoms with E-state index in [0.29, 0.717) is 12.0 Å². The summed E-state index contributed by atoms with van der Waals surface area (Å²) in [6.07, 6.45) is -3.72. The summed E-state index contributed by atoms with van der Waals surface area (Å²) in [4.78, 5) is 0. The van der Waals surface area contributed by atoms with Gasteiger partial charge in [0.15, 0.2) is 0 Å². The van der Waals surface area contributed by atoms with Crippen LogP contribution in [0.4, 0.5) is 13.2 Å². The molecule has 1 rings (SSSR count). The summed E-state index contributed by atoms with van der Waals surface area (Å²) in [5.41, 5.74) is -0.167. The molecule has 0 aliphatic carbocycles. The summed E-state index contributed by atoms with van der Waals surface area (Å²) < 4.78 is 43.6. The van der Waals surface area contributed by atoms with Gasteiger partial charge in [-0.15, -0.1) is 0 Å². The molecule has 0 N–H and O–H groups in total. The van der Waals surface area contributed by atoms with Gasteiger partial charge in [-0.1, -0.05) is 19.9 Å². The van der Waals surface area contributed by atoms with Crippen molar-refractivity contribution in [2.24, 2.45) is 0 Å². The van der Waals surface area contributed by atoms with Gasteiger partial charge in [0.1, 0.15) is 5.75 Å². The van der Waals surface area contributed by atoms with Crippen LogP contribution in [0, 0.1) is 6.92 Å². The Morgan fingerprint density at radius 1 is 1.35 bits per heavy atom. The fourth-order valence-electron chi connectivity index (χ4n) is 1.41. The monoisotopic (exact) mass is 245 g/mol.